The van der Waals surface area contributed by atoms with Crippen LogP contribution >= 0.6 is 11.3 Å². The number of hydrogen-bond donors (Lipinski definition) is 1. The maximum absolute atomic E-state index is 11.7. The zero-order valence-corrected chi connectivity index (χ0v) is 9.90. The molecule has 0 aromatic carbocycles. The molecule has 6 heteroatoms. The highest BCUT2D eigenvalue weighted by Crippen LogP contribution is 2.22. The number of carbonyl (C=O) groups is 1. The van der Waals surface area contributed by atoms with E-state index in [9.17, 15) is 9.59 Å². The highest BCUT2D eigenvalue weighted by molar-refractivity contribution is 7.13. The van der Waals surface area contributed by atoms with E-state index >= 15 is 0 Å². The highest BCUT2D eigenvalue weighted by atomic mass is 32.1. The molecule has 2 aromatic heterocycles. The molecule has 5 nitrogen and oxygen atoms in total. The topological polar surface area (TPSA) is 72.2 Å². The van der Waals surface area contributed by atoms with E-state index in [1.54, 1.807) is 6.92 Å². The zero-order chi connectivity index (χ0) is 12.4. The van der Waals surface area contributed by atoms with Crippen LogP contribution in [0, 0.1) is 0 Å². The molecule has 2 rings (SSSR count). The molecule has 0 saturated carbocycles. The Bertz CT molecular complexity index is 602. The van der Waals surface area contributed by atoms with E-state index in [-0.39, 0.29) is 5.56 Å². The predicted molar refractivity (Wildman–Crippen MR) is 64.4 cm³/mol. The quantitative estimate of drug-likeness (QED) is 0.899. The molecule has 0 fully saturated rings. The number of thiophene rings is 1. The maximum atomic E-state index is 11.7. The summed E-state index contributed by atoms with van der Waals surface area (Å²) in [4.78, 5) is 23.5. The molecule has 17 heavy (non-hydrogen) atoms. The summed E-state index contributed by atoms with van der Waals surface area (Å²) in [6.45, 7) is 2.09. The monoisotopic (exact) mass is 250 g/mol. The molecule has 88 valence electrons. The number of aryl methyl sites for hydroxylation is 1. The average Bonchev–Trinajstić information content (AvgIpc) is 2.82. The number of carboxylic acid groups (broad SMARTS) is 1. The lowest BCUT2D eigenvalue weighted by molar-refractivity contribution is 0.0694. The van der Waals surface area contributed by atoms with Gasteiger partial charge in [-0.25, -0.2) is 9.48 Å². The summed E-state index contributed by atoms with van der Waals surface area (Å²) in [6, 6.07) is 5.01. The van der Waals surface area contributed by atoms with Gasteiger partial charge in [-0.1, -0.05) is 6.07 Å². The summed E-state index contributed by atoms with van der Waals surface area (Å²) < 4.78 is 1.17. The molecule has 0 amide bonds. The maximum Gasteiger partial charge on any atom is 0.341 e. The number of aromatic carboxylic acids is 1. The molecule has 0 bridgehead atoms. The van der Waals surface area contributed by atoms with Crippen LogP contribution in [0.3, 0.4) is 0 Å². The third kappa shape index (κ3) is 2.12. The third-order valence-corrected chi connectivity index (χ3v) is 3.17. The first-order chi connectivity index (χ1) is 8.13. The fraction of sp³-hybridized carbons (Fsp3) is 0.182. The first kappa shape index (κ1) is 11.5. The van der Waals surface area contributed by atoms with E-state index in [0.717, 1.165) is 4.88 Å². The Kier molecular flexibility index (Phi) is 3.06. The smallest absolute Gasteiger partial charge is 0.341 e. The normalized spacial score (nSPS) is 10.4. The molecule has 0 aliphatic rings. The van der Waals surface area contributed by atoms with E-state index in [1.807, 2.05) is 17.5 Å². The minimum Gasteiger partial charge on any atom is -0.477 e. The summed E-state index contributed by atoms with van der Waals surface area (Å²) in [5.74, 6) is -1.22. The molecule has 2 aromatic rings. The molecule has 0 aliphatic carbocycles. The Morgan fingerprint density at radius 2 is 2.35 bits per heavy atom. The summed E-state index contributed by atoms with van der Waals surface area (Å²) in [5.41, 5.74) is -0.301. The van der Waals surface area contributed by atoms with Gasteiger partial charge in [-0.3, -0.25) is 4.79 Å². The molecule has 0 unspecified atom stereocenters. The Hall–Kier alpha value is -1.95. The van der Waals surface area contributed by atoms with Crippen molar-refractivity contribution in [2.75, 3.05) is 0 Å². The van der Waals surface area contributed by atoms with Gasteiger partial charge in [-0.15, -0.1) is 11.3 Å². The van der Waals surface area contributed by atoms with Gasteiger partial charge in [0.1, 0.15) is 11.3 Å². The van der Waals surface area contributed by atoms with Crippen LogP contribution in [0.2, 0.25) is 0 Å². The molecule has 0 saturated heterocycles. The van der Waals surface area contributed by atoms with Gasteiger partial charge >= 0.3 is 5.97 Å². The minimum atomic E-state index is -1.22. The number of nitrogens with zero attached hydrogens (tertiary/aromatic N) is 2. The van der Waals surface area contributed by atoms with Crippen molar-refractivity contribution in [3.63, 3.8) is 0 Å². The fourth-order valence-corrected chi connectivity index (χ4v) is 2.14. The Morgan fingerprint density at radius 1 is 1.59 bits per heavy atom. The summed E-state index contributed by atoms with van der Waals surface area (Å²) in [6.07, 6.45) is 0. The van der Waals surface area contributed by atoms with E-state index in [4.69, 9.17) is 5.11 Å². The van der Waals surface area contributed by atoms with E-state index in [0.29, 0.717) is 12.2 Å². The van der Waals surface area contributed by atoms with Crippen molar-refractivity contribution in [3.05, 3.63) is 39.5 Å². The molecular weight excluding hydrogens is 240 g/mol. The molecular formula is C11H10N2O3S. The van der Waals surface area contributed by atoms with Crippen molar-refractivity contribution in [1.82, 2.24) is 9.78 Å². The van der Waals surface area contributed by atoms with E-state index in [1.165, 1.54) is 22.1 Å². The van der Waals surface area contributed by atoms with Crippen molar-refractivity contribution >= 4 is 17.3 Å². The van der Waals surface area contributed by atoms with Gasteiger partial charge in [-0.05, 0) is 24.4 Å². The van der Waals surface area contributed by atoms with Crippen LogP contribution in [-0.2, 0) is 6.54 Å². The largest absolute Gasteiger partial charge is 0.477 e. The summed E-state index contributed by atoms with van der Waals surface area (Å²) in [5, 5.41) is 15.0. The summed E-state index contributed by atoms with van der Waals surface area (Å²) >= 11 is 1.45. The lowest BCUT2D eigenvalue weighted by atomic mass is 10.2. The molecule has 0 aliphatic heterocycles. The average molecular weight is 250 g/mol. The van der Waals surface area contributed by atoms with Gasteiger partial charge in [0.15, 0.2) is 0 Å². The second-order valence-corrected chi connectivity index (χ2v) is 4.29. The molecule has 1 N–H and O–H groups in total. The first-order valence-corrected chi connectivity index (χ1v) is 5.90. The lowest BCUT2D eigenvalue weighted by Crippen LogP contribution is -2.28. The van der Waals surface area contributed by atoms with Crippen LogP contribution in [0.5, 0.6) is 0 Å². The van der Waals surface area contributed by atoms with Crippen molar-refractivity contribution in [1.29, 1.82) is 0 Å². The second-order valence-electron chi connectivity index (χ2n) is 3.35. The third-order valence-electron chi connectivity index (χ3n) is 2.28. The molecule has 2 heterocycles. The minimum absolute atomic E-state index is 0.245. The van der Waals surface area contributed by atoms with Crippen LogP contribution in [-0.4, -0.2) is 20.9 Å². The van der Waals surface area contributed by atoms with E-state index in [2.05, 4.69) is 5.10 Å². The lowest BCUT2D eigenvalue weighted by Gasteiger charge is -2.05. The van der Waals surface area contributed by atoms with Crippen LogP contribution in [0.25, 0.3) is 10.6 Å². The standard InChI is InChI=1S/C11H10N2O3S/c1-2-13-10(14)7(11(15)16)6-8(12-13)9-4-3-5-17-9/h3-6H,2H2,1H3,(H,15,16). The van der Waals surface area contributed by atoms with Crippen molar-refractivity contribution in [2.45, 2.75) is 13.5 Å². The van der Waals surface area contributed by atoms with Crippen molar-refractivity contribution in [3.8, 4) is 10.6 Å². The van der Waals surface area contributed by atoms with Crippen molar-refractivity contribution < 1.29 is 9.90 Å². The number of rotatable bonds is 3. The van der Waals surface area contributed by atoms with E-state index < -0.39 is 11.5 Å². The Morgan fingerprint density at radius 3 is 2.88 bits per heavy atom. The second kappa shape index (κ2) is 4.50. The van der Waals surface area contributed by atoms with Crippen LogP contribution in [0.4, 0.5) is 0 Å². The molecule has 0 spiro atoms. The van der Waals surface area contributed by atoms with Crippen LogP contribution < -0.4 is 5.56 Å². The van der Waals surface area contributed by atoms with Crippen molar-refractivity contribution in [2.24, 2.45) is 0 Å². The van der Waals surface area contributed by atoms with Gasteiger partial charge in [-0.2, -0.15) is 5.10 Å². The number of hydrogen-bond acceptors (Lipinski definition) is 4. The van der Waals surface area contributed by atoms with Crippen LogP contribution in [0.15, 0.2) is 28.4 Å². The van der Waals surface area contributed by atoms with Crippen LogP contribution in [0.1, 0.15) is 17.3 Å². The van der Waals surface area contributed by atoms with Gasteiger partial charge in [0.25, 0.3) is 5.56 Å². The fourth-order valence-electron chi connectivity index (χ4n) is 1.45. The molecule has 0 radical (unpaired) electrons. The number of carboxylic acids is 1. The zero-order valence-electron chi connectivity index (χ0n) is 9.08. The Labute approximate surface area is 101 Å². The Balaban J connectivity index is 2.67. The predicted octanol–water partition coefficient (Wildman–Crippen LogP) is 1.69. The first-order valence-electron chi connectivity index (χ1n) is 5.02. The number of aromatic nitrogens is 2. The highest BCUT2D eigenvalue weighted by Gasteiger charge is 2.14. The van der Waals surface area contributed by atoms with Gasteiger partial charge < -0.3 is 5.11 Å². The van der Waals surface area contributed by atoms with Gasteiger partial charge in [0.05, 0.1) is 4.88 Å². The molecule has 0 atom stereocenters. The summed E-state index contributed by atoms with van der Waals surface area (Å²) in [7, 11) is 0. The van der Waals surface area contributed by atoms with Gasteiger partial charge in [0, 0.05) is 6.54 Å². The van der Waals surface area contributed by atoms with Gasteiger partial charge in [0.2, 0.25) is 0 Å². The SMILES string of the molecule is CCn1nc(-c2cccs2)cc(C(=O)O)c1=O.